The highest BCUT2D eigenvalue weighted by atomic mass is 35.5. The second-order valence-electron chi connectivity index (χ2n) is 2.15. The fraction of sp³-hybridized carbons (Fsp3) is 0.571. The molecule has 0 amide bonds. The van der Waals surface area contributed by atoms with Crippen LogP contribution in [0.1, 0.15) is 6.42 Å². The minimum Gasteiger partial charge on any atom is -0.385 e. The van der Waals surface area contributed by atoms with Crippen molar-refractivity contribution >= 4 is 17.8 Å². The Morgan fingerprint density at radius 3 is 3.10 bits per heavy atom. The molecule has 0 aromatic rings. The SMILES string of the molecule is COCCC1N=CC=C1Cl. The van der Waals surface area contributed by atoms with Crippen molar-refractivity contribution in [1.82, 2.24) is 0 Å². The average molecular weight is 160 g/mol. The fourth-order valence-corrected chi connectivity index (χ4v) is 1.06. The lowest BCUT2D eigenvalue weighted by molar-refractivity contribution is 0.192. The number of aliphatic imine (C=N–C) groups is 1. The van der Waals surface area contributed by atoms with E-state index in [2.05, 4.69) is 4.99 Å². The summed E-state index contributed by atoms with van der Waals surface area (Å²) in [5.74, 6) is 0. The van der Waals surface area contributed by atoms with Crippen LogP contribution in [0.5, 0.6) is 0 Å². The van der Waals surface area contributed by atoms with Crippen molar-refractivity contribution in [2.75, 3.05) is 13.7 Å². The molecule has 2 nitrogen and oxygen atoms in total. The Hall–Kier alpha value is -0.340. The molecule has 10 heavy (non-hydrogen) atoms. The average Bonchev–Trinajstić information content (AvgIpc) is 2.31. The molecular formula is C7H10ClNO. The molecule has 0 N–H and O–H groups in total. The van der Waals surface area contributed by atoms with Crippen LogP contribution in [0.25, 0.3) is 0 Å². The maximum Gasteiger partial charge on any atom is 0.0877 e. The smallest absolute Gasteiger partial charge is 0.0877 e. The van der Waals surface area contributed by atoms with Gasteiger partial charge in [0.1, 0.15) is 0 Å². The van der Waals surface area contributed by atoms with Gasteiger partial charge in [-0.2, -0.15) is 0 Å². The van der Waals surface area contributed by atoms with Crippen molar-refractivity contribution in [2.45, 2.75) is 12.5 Å². The highest BCUT2D eigenvalue weighted by molar-refractivity contribution is 6.31. The molecule has 0 saturated heterocycles. The number of allylic oxidation sites excluding steroid dienone is 1. The van der Waals surface area contributed by atoms with Gasteiger partial charge in [-0.05, 0) is 12.5 Å². The molecule has 0 fully saturated rings. The van der Waals surface area contributed by atoms with Gasteiger partial charge in [0.2, 0.25) is 0 Å². The normalized spacial score (nSPS) is 23.4. The van der Waals surface area contributed by atoms with Crippen LogP contribution in [0.4, 0.5) is 0 Å². The number of rotatable bonds is 3. The second kappa shape index (κ2) is 3.74. The zero-order valence-corrected chi connectivity index (χ0v) is 6.64. The van der Waals surface area contributed by atoms with E-state index in [1.165, 1.54) is 0 Å². The van der Waals surface area contributed by atoms with Crippen LogP contribution >= 0.6 is 11.6 Å². The van der Waals surface area contributed by atoms with E-state index in [1.54, 1.807) is 13.3 Å². The number of hydrogen-bond donors (Lipinski definition) is 0. The third-order valence-electron chi connectivity index (χ3n) is 1.41. The number of halogens is 1. The first-order chi connectivity index (χ1) is 4.84. The van der Waals surface area contributed by atoms with Gasteiger partial charge in [0.05, 0.1) is 6.04 Å². The molecule has 0 spiro atoms. The molecule has 0 radical (unpaired) electrons. The van der Waals surface area contributed by atoms with Gasteiger partial charge in [-0.1, -0.05) is 11.6 Å². The summed E-state index contributed by atoms with van der Waals surface area (Å²) < 4.78 is 4.89. The monoisotopic (exact) mass is 159 g/mol. The lowest BCUT2D eigenvalue weighted by atomic mass is 10.2. The molecule has 1 atom stereocenters. The summed E-state index contributed by atoms with van der Waals surface area (Å²) in [4.78, 5) is 4.12. The number of methoxy groups -OCH3 is 1. The summed E-state index contributed by atoms with van der Waals surface area (Å²) in [5.41, 5.74) is 0. The summed E-state index contributed by atoms with van der Waals surface area (Å²) in [5, 5.41) is 0.817. The van der Waals surface area contributed by atoms with E-state index in [4.69, 9.17) is 16.3 Å². The van der Waals surface area contributed by atoms with Crippen LogP contribution in [0.15, 0.2) is 16.1 Å². The molecule has 1 aliphatic heterocycles. The van der Waals surface area contributed by atoms with Crippen LogP contribution in [-0.4, -0.2) is 26.0 Å². The minimum absolute atomic E-state index is 0.154. The summed E-state index contributed by atoms with van der Waals surface area (Å²) >= 11 is 5.79. The van der Waals surface area contributed by atoms with E-state index in [-0.39, 0.29) is 6.04 Å². The first kappa shape index (κ1) is 7.76. The quantitative estimate of drug-likeness (QED) is 0.613. The van der Waals surface area contributed by atoms with Gasteiger partial charge in [0.25, 0.3) is 0 Å². The Kier molecular flexibility index (Phi) is 2.90. The molecule has 0 aliphatic carbocycles. The van der Waals surface area contributed by atoms with Crippen molar-refractivity contribution in [3.8, 4) is 0 Å². The Bertz CT molecular complexity index is 165. The van der Waals surface area contributed by atoms with Gasteiger partial charge in [-0.25, -0.2) is 0 Å². The van der Waals surface area contributed by atoms with E-state index in [9.17, 15) is 0 Å². The number of ether oxygens (including phenoxy) is 1. The molecule has 56 valence electrons. The Morgan fingerprint density at radius 2 is 2.60 bits per heavy atom. The summed E-state index contributed by atoms with van der Waals surface area (Å²) in [7, 11) is 1.68. The van der Waals surface area contributed by atoms with Crippen molar-refractivity contribution in [2.24, 2.45) is 4.99 Å². The Morgan fingerprint density at radius 1 is 1.80 bits per heavy atom. The number of hydrogen-bond acceptors (Lipinski definition) is 2. The summed E-state index contributed by atoms with van der Waals surface area (Å²) in [6.45, 7) is 0.714. The molecule has 1 unspecified atom stereocenters. The first-order valence-electron chi connectivity index (χ1n) is 3.22. The third kappa shape index (κ3) is 1.82. The predicted octanol–water partition coefficient (Wildman–Crippen LogP) is 1.60. The second-order valence-corrected chi connectivity index (χ2v) is 2.58. The Balaban J connectivity index is 2.29. The zero-order valence-electron chi connectivity index (χ0n) is 5.88. The predicted molar refractivity (Wildman–Crippen MR) is 42.7 cm³/mol. The van der Waals surface area contributed by atoms with Gasteiger partial charge in [0, 0.05) is 25.0 Å². The van der Waals surface area contributed by atoms with Crippen LogP contribution in [0.3, 0.4) is 0 Å². The molecule has 1 rings (SSSR count). The lowest BCUT2D eigenvalue weighted by Gasteiger charge is -2.05. The lowest BCUT2D eigenvalue weighted by Crippen LogP contribution is -2.05. The van der Waals surface area contributed by atoms with Crippen LogP contribution in [0.2, 0.25) is 0 Å². The molecule has 1 heterocycles. The highest BCUT2D eigenvalue weighted by Gasteiger charge is 2.12. The minimum atomic E-state index is 0.154. The third-order valence-corrected chi connectivity index (χ3v) is 1.79. The van der Waals surface area contributed by atoms with E-state index < -0.39 is 0 Å². The summed E-state index contributed by atoms with van der Waals surface area (Å²) in [6.07, 6.45) is 4.44. The molecule has 1 aliphatic rings. The van der Waals surface area contributed by atoms with Gasteiger partial charge in [0.15, 0.2) is 0 Å². The topological polar surface area (TPSA) is 21.6 Å². The van der Waals surface area contributed by atoms with Crippen LogP contribution < -0.4 is 0 Å². The highest BCUT2D eigenvalue weighted by Crippen LogP contribution is 2.18. The maximum atomic E-state index is 5.79. The summed E-state index contributed by atoms with van der Waals surface area (Å²) in [6, 6.07) is 0.154. The van der Waals surface area contributed by atoms with E-state index in [0.717, 1.165) is 11.5 Å². The molecule has 0 saturated carbocycles. The van der Waals surface area contributed by atoms with Gasteiger partial charge < -0.3 is 4.74 Å². The van der Waals surface area contributed by atoms with Gasteiger partial charge >= 0.3 is 0 Å². The van der Waals surface area contributed by atoms with Crippen molar-refractivity contribution in [3.05, 3.63) is 11.1 Å². The molecular weight excluding hydrogens is 150 g/mol. The zero-order chi connectivity index (χ0) is 7.40. The molecule has 0 bridgehead atoms. The van der Waals surface area contributed by atoms with E-state index in [0.29, 0.717) is 6.61 Å². The molecule has 0 aromatic carbocycles. The van der Waals surface area contributed by atoms with Crippen molar-refractivity contribution in [3.63, 3.8) is 0 Å². The molecule has 0 aromatic heterocycles. The van der Waals surface area contributed by atoms with E-state index >= 15 is 0 Å². The number of nitrogens with zero attached hydrogens (tertiary/aromatic N) is 1. The van der Waals surface area contributed by atoms with Crippen LogP contribution in [-0.2, 0) is 4.74 Å². The largest absolute Gasteiger partial charge is 0.385 e. The molecule has 3 heteroatoms. The van der Waals surface area contributed by atoms with Crippen molar-refractivity contribution < 1.29 is 4.74 Å². The standard InChI is InChI=1S/C7H10ClNO/c1-10-5-3-7-6(8)2-4-9-7/h2,4,7H,3,5H2,1H3. The van der Waals surface area contributed by atoms with Crippen LogP contribution in [0, 0.1) is 0 Å². The first-order valence-corrected chi connectivity index (χ1v) is 3.60. The van der Waals surface area contributed by atoms with Gasteiger partial charge in [-0.3, -0.25) is 4.99 Å². The van der Waals surface area contributed by atoms with E-state index in [1.807, 2.05) is 6.08 Å². The van der Waals surface area contributed by atoms with Gasteiger partial charge in [-0.15, -0.1) is 0 Å². The van der Waals surface area contributed by atoms with Crippen molar-refractivity contribution in [1.29, 1.82) is 0 Å². The fourth-order valence-electron chi connectivity index (χ4n) is 0.842. The maximum absolute atomic E-state index is 5.79. The Labute approximate surface area is 65.5 Å².